The molecule has 17 heteroatoms. The Bertz CT molecular complexity index is 2010. The van der Waals surface area contributed by atoms with E-state index in [1.54, 1.807) is 38.2 Å². The van der Waals surface area contributed by atoms with Crippen molar-refractivity contribution in [3.63, 3.8) is 0 Å². The van der Waals surface area contributed by atoms with Gasteiger partial charge in [-0.3, -0.25) is 23.9 Å². The van der Waals surface area contributed by atoms with Gasteiger partial charge in [-0.1, -0.05) is 25.0 Å². The lowest BCUT2D eigenvalue weighted by atomic mass is 9.93. The monoisotopic (exact) mass is 810 g/mol. The lowest BCUT2D eigenvalue weighted by Crippen LogP contribution is -2.60. The molecule has 2 aliphatic carbocycles. The fourth-order valence-electron chi connectivity index (χ4n) is 8.09. The number of methoxy groups -OCH3 is 1. The number of amides is 5. The average Bonchev–Trinajstić information content (AvgIpc) is 3.96. The van der Waals surface area contributed by atoms with Gasteiger partial charge in [-0.05, 0) is 83.6 Å². The van der Waals surface area contributed by atoms with Gasteiger partial charge in [-0.15, -0.1) is 11.3 Å². The van der Waals surface area contributed by atoms with Crippen LogP contribution in [0, 0.1) is 17.8 Å². The molecule has 1 aromatic carbocycles. The number of fused-ring (bicyclic) bond motifs is 4. The predicted molar refractivity (Wildman–Crippen MR) is 207 cm³/mol. The first-order chi connectivity index (χ1) is 26.6. The molecule has 5 amide bonds. The third-order valence-corrected chi connectivity index (χ3v) is 14.0. The number of alkyl carbamates (subject to hydrolysis) is 1. The number of rotatable bonds is 7. The van der Waals surface area contributed by atoms with Gasteiger partial charge in [-0.25, -0.2) is 18.2 Å². The molecule has 4 fully saturated rings. The van der Waals surface area contributed by atoms with Crippen molar-refractivity contribution in [1.82, 2.24) is 30.1 Å². The first-order valence-corrected chi connectivity index (χ1v) is 21.7. The van der Waals surface area contributed by atoms with Gasteiger partial charge in [0.2, 0.25) is 21.8 Å². The number of likely N-dealkylation sites (tertiary alicyclic amines) is 1. The highest BCUT2D eigenvalue weighted by Gasteiger charge is 2.63. The van der Waals surface area contributed by atoms with Crippen molar-refractivity contribution in [2.75, 3.05) is 26.7 Å². The molecule has 0 spiro atoms. The van der Waals surface area contributed by atoms with Gasteiger partial charge in [0.05, 0.1) is 12.4 Å². The molecule has 1 aromatic heterocycles. The van der Waals surface area contributed by atoms with Crippen molar-refractivity contribution in [3.05, 3.63) is 47.5 Å². The number of nitrogens with zero attached hydrogens (tertiary/aromatic N) is 3. The van der Waals surface area contributed by atoms with Crippen molar-refractivity contribution >= 4 is 51.1 Å². The van der Waals surface area contributed by atoms with Crippen molar-refractivity contribution in [3.8, 4) is 16.3 Å². The first kappa shape index (κ1) is 39.7. The van der Waals surface area contributed by atoms with Crippen LogP contribution in [0.4, 0.5) is 4.79 Å². The van der Waals surface area contributed by atoms with Crippen LogP contribution in [-0.4, -0.2) is 108 Å². The maximum Gasteiger partial charge on any atom is 0.408 e. The fraction of sp³-hybridized carbons (Fsp3) is 0.590. The third-order valence-electron chi connectivity index (χ3n) is 11.2. The molecule has 15 nitrogen and oxygen atoms in total. The molecule has 0 unspecified atom stereocenters. The zero-order valence-corrected chi connectivity index (χ0v) is 33.7. The van der Waals surface area contributed by atoms with Gasteiger partial charge < -0.3 is 29.9 Å². The summed E-state index contributed by atoms with van der Waals surface area (Å²) in [6, 6.07) is 5.27. The van der Waals surface area contributed by atoms with E-state index < -0.39 is 74.1 Å². The van der Waals surface area contributed by atoms with Crippen LogP contribution < -0.4 is 20.1 Å². The van der Waals surface area contributed by atoms with Gasteiger partial charge in [0.1, 0.15) is 39.7 Å². The molecular formula is C39H50N6O9S2. The number of hydrogen-bond acceptors (Lipinski definition) is 11. The van der Waals surface area contributed by atoms with Crippen molar-refractivity contribution in [2.45, 2.75) is 101 Å². The molecule has 0 bridgehead atoms. The highest BCUT2D eigenvalue weighted by molar-refractivity contribution is 7.91. The maximum absolute atomic E-state index is 14.7. The Morgan fingerprint density at radius 1 is 1.02 bits per heavy atom. The number of carbonyl (C=O) groups is 5. The van der Waals surface area contributed by atoms with E-state index in [0.29, 0.717) is 42.9 Å². The number of thiazole rings is 1. The van der Waals surface area contributed by atoms with Crippen LogP contribution >= 0.6 is 11.3 Å². The molecule has 2 aromatic rings. The second-order valence-corrected chi connectivity index (χ2v) is 19.4. The Morgan fingerprint density at radius 2 is 1.77 bits per heavy atom. The number of sulfonamides is 1. The molecular weight excluding hydrogens is 761 g/mol. The zero-order chi connectivity index (χ0) is 40.0. The van der Waals surface area contributed by atoms with Crippen molar-refractivity contribution < 1.29 is 41.9 Å². The minimum absolute atomic E-state index is 0.130. The molecule has 3 aliphatic heterocycles. The maximum atomic E-state index is 14.7. The van der Waals surface area contributed by atoms with Crippen LogP contribution in [0.2, 0.25) is 0 Å². The SMILES string of the molecule is COc1ccc(-c2nc(C(=O)N3C[C@H]4CN5C(=O)[C@@H](NC(=O)OC(C)(C)C)CCCCC/C=C\[C@H]6C[C@@]6(C(=O)NS(=O)(=O)C6CC6)NC(=O)[C@@H]5[C@H]4C3)cs2)cc1. The number of benzene rings is 1. The highest BCUT2D eigenvalue weighted by Crippen LogP contribution is 2.47. The van der Waals surface area contributed by atoms with Crippen LogP contribution in [0.25, 0.3) is 10.6 Å². The minimum atomic E-state index is -3.91. The normalized spacial score (nSPS) is 28.8. The number of nitrogens with one attached hydrogen (secondary N) is 3. The van der Waals surface area contributed by atoms with Gasteiger partial charge in [-0.2, -0.15) is 0 Å². The Kier molecular flexibility index (Phi) is 11.0. The summed E-state index contributed by atoms with van der Waals surface area (Å²) in [4.78, 5) is 77.7. The summed E-state index contributed by atoms with van der Waals surface area (Å²) < 4.78 is 38.8. The number of ether oxygens (including phenoxy) is 2. The molecule has 2 saturated heterocycles. The second kappa shape index (κ2) is 15.4. The third kappa shape index (κ3) is 8.43. The molecule has 0 radical (unpaired) electrons. The summed E-state index contributed by atoms with van der Waals surface area (Å²) in [5.41, 5.74) is -1.23. The van der Waals surface area contributed by atoms with Gasteiger partial charge >= 0.3 is 6.09 Å². The predicted octanol–water partition coefficient (Wildman–Crippen LogP) is 3.61. The lowest BCUT2D eigenvalue weighted by molar-refractivity contribution is -0.142. The Hall–Kier alpha value is -4.51. The van der Waals surface area contributed by atoms with Crippen LogP contribution in [0.1, 0.15) is 82.6 Å². The molecule has 6 atom stereocenters. The summed E-state index contributed by atoms with van der Waals surface area (Å²) in [5, 5.41) is 7.41. The largest absolute Gasteiger partial charge is 0.497 e. The smallest absolute Gasteiger partial charge is 0.408 e. The first-order valence-electron chi connectivity index (χ1n) is 19.3. The molecule has 56 heavy (non-hydrogen) atoms. The summed E-state index contributed by atoms with van der Waals surface area (Å²) in [6.45, 7) is 5.71. The fourth-order valence-corrected chi connectivity index (χ4v) is 10.3. The van der Waals surface area contributed by atoms with E-state index in [0.717, 1.165) is 18.4 Å². The van der Waals surface area contributed by atoms with Gasteiger partial charge in [0.15, 0.2) is 0 Å². The Balaban J connectivity index is 1.16. The van der Waals surface area contributed by atoms with Crippen molar-refractivity contribution in [1.29, 1.82) is 0 Å². The Labute approximate surface area is 331 Å². The topological polar surface area (TPSA) is 193 Å². The molecule has 3 N–H and O–H groups in total. The van der Waals surface area contributed by atoms with E-state index in [9.17, 15) is 32.4 Å². The van der Waals surface area contributed by atoms with Crippen LogP contribution in [0.15, 0.2) is 41.8 Å². The quantitative estimate of drug-likeness (QED) is 0.348. The van der Waals surface area contributed by atoms with Crippen LogP contribution in [0.3, 0.4) is 0 Å². The number of allylic oxidation sites excluding steroid dienone is 1. The minimum Gasteiger partial charge on any atom is -0.497 e. The molecule has 4 heterocycles. The number of aromatic nitrogens is 1. The number of carbonyl (C=O) groups excluding carboxylic acids is 5. The van der Waals surface area contributed by atoms with E-state index in [1.807, 2.05) is 36.4 Å². The van der Waals surface area contributed by atoms with E-state index in [2.05, 4.69) is 20.3 Å². The van der Waals surface area contributed by atoms with Crippen LogP contribution in [0.5, 0.6) is 5.75 Å². The lowest BCUT2D eigenvalue weighted by Gasteiger charge is -2.33. The van der Waals surface area contributed by atoms with E-state index >= 15 is 0 Å². The van der Waals surface area contributed by atoms with E-state index in [4.69, 9.17) is 9.47 Å². The van der Waals surface area contributed by atoms with E-state index in [-0.39, 0.29) is 43.6 Å². The Morgan fingerprint density at radius 3 is 2.46 bits per heavy atom. The van der Waals surface area contributed by atoms with E-state index in [1.165, 1.54) is 16.2 Å². The molecule has 5 aliphatic rings. The summed E-state index contributed by atoms with van der Waals surface area (Å²) >= 11 is 1.34. The zero-order valence-electron chi connectivity index (χ0n) is 32.1. The van der Waals surface area contributed by atoms with Gasteiger partial charge in [0, 0.05) is 48.3 Å². The second-order valence-electron chi connectivity index (χ2n) is 16.5. The molecule has 302 valence electrons. The summed E-state index contributed by atoms with van der Waals surface area (Å²) in [7, 11) is -2.33. The molecule has 7 rings (SSSR count). The summed E-state index contributed by atoms with van der Waals surface area (Å²) in [5.74, 6) is -2.72. The number of hydrogen-bond donors (Lipinski definition) is 3. The standard InChI is InChI=1S/C39H50N6O9S2/c1-38(2,3)54-37(50)41-29-11-9-7-5-6-8-10-25-18-39(25,36(49)43-56(51,52)27-16-17-27)42-32(46)31-28-21-44(19-24(28)20-45(31)35(29)48)34(47)30-22-55-33(40-30)23-12-14-26(53-4)15-13-23/h8,10,12-15,22,24-25,27-29,31H,5-7,9,11,16-21H2,1-4H3,(H,41,50)(H,42,46)(H,43,49)/b10-8-/t24-,25-,28-,29-,31-,39+/m0/s1. The van der Waals surface area contributed by atoms with Crippen LogP contribution in [-0.2, 0) is 29.1 Å². The molecule has 2 saturated carbocycles. The van der Waals surface area contributed by atoms with Crippen molar-refractivity contribution in [2.24, 2.45) is 17.8 Å². The van der Waals surface area contributed by atoms with Gasteiger partial charge in [0.25, 0.3) is 11.8 Å². The summed E-state index contributed by atoms with van der Waals surface area (Å²) in [6.07, 6.45) is 7.36. The average molecular weight is 811 g/mol. The highest BCUT2D eigenvalue weighted by atomic mass is 32.2.